The fourth-order valence-corrected chi connectivity index (χ4v) is 2.97. The van der Waals surface area contributed by atoms with Crippen LogP contribution in [0.4, 0.5) is 0 Å². The van der Waals surface area contributed by atoms with Crippen LogP contribution >= 0.6 is 11.6 Å². The molecule has 2 aromatic rings. The van der Waals surface area contributed by atoms with Crippen LogP contribution in [0.25, 0.3) is 5.69 Å². The first-order valence-electron chi connectivity index (χ1n) is 6.39. The van der Waals surface area contributed by atoms with Gasteiger partial charge in [-0.3, -0.25) is 0 Å². The van der Waals surface area contributed by atoms with E-state index in [2.05, 4.69) is 29.8 Å². The highest BCUT2D eigenvalue weighted by Gasteiger charge is 2.21. The van der Waals surface area contributed by atoms with Crippen molar-refractivity contribution in [1.82, 2.24) is 4.57 Å². The third kappa shape index (κ3) is 1.86. The highest BCUT2D eigenvalue weighted by atomic mass is 35.5. The molecule has 3 rings (SSSR count). The topological polar surface area (TPSA) is 30.9 Å². The first-order chi connectivity index (χ1) is 8.66. The smallest absolute Gasteiger partial charge is 0.0646 e. The van der Waals surface area contributed by atoms with Crippen LogP contribution in [0.1, 0.15) is 35.7 Å². The van der Waals surface area contributed by atoms with Crippen molar-refractivity contribution in [2.45, 2.75) is 32.2 Å². The molecule has 0 radical (unpaired) electrons. The number of benzene rings is 1. The van der Waals surface area contributed by atoms with E-state index in [-0.39, 0.29) is 6.04 Å². The normalized spacial score (nSPS) is 18.7. The van der Waals surface area contributed by atoms with Crippen LogP contribution in [0.15, 0.2) is 30.5 Å². The molecule has 1 aromatic heterocycles. The molecule has 2 nitrogen and oxygen atoms in total. The Balaban J connectivity index is 2.15. The molecule has 2 N–H and O–H groups in total. The summed E-state index contributed by atoms with van der Waals surface area (Å²) in [7, 11) is 0. The molecule has 1 heterocycles. The highest BCUT2D eigenvalue weighted by molar-refractivity contribution is 6.32. The molecule has 3 heteroatoms. The van der Waals surface area contributed by atoms with Crippen LogP contribution in [-0.2, 0) is 6.42 Å². The quantitative estimate of drug-likeness (QED) is 0.831. The molecule has 94 valence electrons. The van der Waals surface area contributed by atoms with Crippen molar-refractivity contribution in [2.75, 3.05) is 0 Å². The van der Waals surface area contributed by atoms with Gasteiger partial charge in [0.1, 0.15) is 0 Å². The molecule has 0 fully saturated rings. The lowest BCUT2D eigenvalue weighted by Crippen LogP contribution is -2.17. The second-order valence-electron chi connectivity index (χ2n) is 5.04. The Morgan fingerprint density at radius 3 is 3.00 bits per heavy atom. The molecule has 0 saturated carbocycles. The van der Waals surface area contributed by atoms with Crippen LogP contribution in [0.5, 0.6) is 0 Å². The average molecular weight is 261 g/mol. The Morgan fingerprint density at radius 1 is 1.33 bits per heavy atom. The molecular weight excluding hydrogens is 244 g/mol. The van der Waals surface area contributed by atoms with E-state index >= 15 is 0 Å². The summed E-state index contributed by atoms with van der Waals surface area (Å²) < 4.78 is 2.20. The van der Waals surface area contributed by atoms with Gasteiger partial charge in [0.2, 0.25) is 0 Å². The minimum absolute atomic E-state index is 0.179. The minimum atomic E-state index is 0.179. The van der Waals surface area contributed by atoms with Crippen LogP contribution in [0.3, 0.4) is 0 Å². The Hall–Kier alpha value is -1.25. The number of nitrogens with two attached hydrogens (primary N) is 1. The summed E-state index contributed by atoms with van der Waals surface area (Å²) in [5, 5.41) is 0.790. The minimum Gasteiger partial charge on any atom is -0.324 e. The van der Waals surface area contributed by atoms with E-state index in [0.717, 1.165) is 30.0 Å². The van der Waals surface area contributed by atoms with Gasteiger partial charge in [-0.05, 0) is 55.5 Å². The van der Waals surface area contributed by atoms with Crippen molar-refractivity contribution in [1.29, 1.82) is 0 Å². The summed E-state index contributed by atoms with van der Waals surface area (Å²) in [6, 6.07) is 8.44. The van der Waals surface area contributed by atoms with E-state index in [1.54, 1.807) is 0 Å². The summed E-state index contributed by atoms with van der Waals surface area (Å²) >= 11 is 6.31. The summed E-state index contributed by atoms with van der Waals surface area (Å²) in [5.41, 5.74) is 11.0. The van der Waals surface area contributed by atoms with Crippen molar-refractivity contribution < 1.29 is 0 Å². The summed E-state index contributed by atoms with van der Waals surface area (Å²) in [4.78, 5) is 0. The number of halogens is 1. The number of hydrogen-bond acceptors (Lipinski definition) is 1. The van der Waals surface area contributed by atoms with Crippen molar-refractivity contribution in [3.05, 3.63) is 52.3 Å². The van der Waals surface area contributed by atoms with Gasteiger partial charge in [-0.2, -0.15) is 0 Å². The molecule has 0 amide bonds. The molecule has 18 heavy (non-hydrogen) atoms. The lowest BCUT2D eigenvalue weighted by Gasteiger charge is -2.21. The van der Waals surface area contributed by atoms with Gasteiger partial charge in [0.25, 0.3) is 0 Å². The summed E-state index contributed by atoms with van der Waals surface area (Å²) in [6.45, 7) is 2.08. The van der Waals surface area contributed by atoms with Gasteiger partial charge >= 0.3 is 0 Å². The van der Waals surface area contributed by atoms with Crippen molar-refractivity contribution in [3.8, 4) is 5.69 Å². The van der Waals surface area contributed by atoms with Crippen molar-refractivity contribution in [3.63, 3.8) is 0 Å². The molecule has 1 atom stereocenters. The first kappa shape index (κ1) is 11.8. The lowest BCUT2D eigenvalue weighted by molar-refractivity contribution is 0.560. The third-order valence-corrected chi connectivity index (χ3v) is 4.04. The standard InChI is InChI=1S/C15H17ClN2/c1-10-5-6-12(16)15(9-10)18-8-7-11-13(17)3-2-4-14(11)18/h5-9,13H,2-4,17H2,1H3. The fraction of sp³-hybridized carbons (Fsp3) is 0.333. The van der Waals surface area contributed by atoms with Crippen molar-refractivity contribution >= 4 is 11.6 Å². The number of aryl methyl sites for hydroxylation is 1. The van der Waals surface area contributed by atoms with E-state index in [4.69, 9.17) is 17.3 Å². The molecule has 1 aliphatic carbocycles. The van der Waals surface area contributed by atoms with Gasteiger partial charge < -0.3 is 10.3 Å². The monoisotopic (exact) mass is 260 g/mol. The van der Waals surface area contributed by atoms with Gasteiger partial charge in [-0.15, -0.1) is 0 Å². The van der Waals surface area contributed by atoms with Gasteiger partial charge in [0, 0.05) is 17.9 Å². The molecular formula is C15H17ClN2. The highest BCUT2D eigenvalue weighted by Crippen LogP contribution is 2.32. The average Bonchev–Trinajstić information content (AvgIpc) is 2.77. The molecule has 0 bridgehead atoms. The Morgan fingerprint density at radius 2 is 2.17 bits per heavy atom. The molecule has 0 saturated heterocycles. The second-order valence-corrected chi connectivity index (χ2v) is 5.45. The number of rotatable bonds is 1. The second kappa shape index (κ2) is 4.45. The van der Waals surface area contributed by atoms with Crippen LogP contribution < -0.4 is 5.73 Å². The Labute approximate surface area is 112 Å². The maximum atomic E-state index is 6.31. The number of nitrogens with zero attached hydrogens (tertiary/aromatic N) is 1. The molecule has 1 unspecified atom stereocenters. The van der Waals surface area contributed by atoms with E-state index in [0.29, 0.717) is 0 Å². The predicted molar refractivity (Wildman–Crippen MR) is 75.4 cm³/mol. The zero-order valence-electron chi connectivity index (χ0n) is 10.5. The SMILES string of the molecule is Cc1ccc(Cl)c(-n2ccc3c2CCCC3N)c1. The van der Waals surface area contributed by atoms with Gasteiger partial charge in [0.05, 0.1) is 10.7 Å². The Bertz CT molecular complexity index is 586. The van der Waals surface area contributed by atoms with E-state index < -0.39 is 0 Å². The van der Waals surface area contributed by atoms with E-state index in [9.17, 15) is 0 Å². The van der Waals surface area contributed by atoms with E-state index in [1.165, 1.54) is 16.8 Å². The maximum Gasteiger partial charge on any atom is 0.0646 e. The number of aromatic nitrogens is 1. The number of hydrogen-bond donors (Lipinski definition) is 1. The predicted octanol–water partition coefficient (Wildman–Crippen LogP) is 3.78. The number of fused-ring (bicyclic) bond motifs is 1. The summed E-state index contributed by atoms with van der Waals surface area (Å²) in [5.74, 6) is 0. The molecule has 0 spiro atoms. The largest absolute Gasteiger partial charge is 0.324 e. The van der Waals surface area contributed by atoms with Crippen molar-refractivity contribution in [2.24, 2.45) is 5.73 Å². The van der Waals surface area contributed by atoms with Gasteiger partial charge in [-0.1, -0.05) is 17.7 Å². The van der Waals surface area contributed by atoms with Gasteiger partial charge in [0.15, 0.2) is 0 Å². The molecule has 1 aliphatic rings. The Kier molecular flexibility index (Phi) is 2.92. The van der Waals surface area contributed by atoms with Crippen LogP contribution in [0.2, 0.25) is 5.02 Å². The zero-order valence-corrected chi connectivity index (χ0v) is 11.2. The fourth-order valence-electron chi connectivity index (χ4n) is 2.76. The van der Waals surface area contributed by atoms with Gasteiger partial charge in [-0.25, -0.2) is 0 Å². The zero-order chi connectivity index (χ0) is 12.7. The third-order valence-electron chi connectivity index (χ3n) is 3.72. The van der Waals surface area contributed by atoms with Crippen LogP contribution in [-0.4, -0.2) is 4.57 Å². The molecule has 0 aliphatic heterocycles. The molecule has 1 aromatic carbocycles. The lowest BCUT2D eigenvalue weighted by atomic mass is 9.93. The maximum absolute atomic E-state index is 6.31. The van der Waals surface area contributed by atoms with E-state index in [1.807, 2.05) is 12.1 Å². The van der Waals surface area contributed by atoms with Crippen LogP contribution in [0, 0.1) is 6.92 Å². The summed E-state index contributed by atoms with van der Waals surface area (Å²) in [6.07, 6.45) is 5.41. The first-order valence-corrected chi connectivity index (χ1v) is 6.77.